The number of nitrogen functional groups attached to an aromatic ring is 1. The molecule has 2 aromatic rings. The fourth-order valence-corrected chi connectivity index (χ4v) is 1.51. The zero-order valence-corrected chi connectivity index (χ0v) is 9.56. The molecule has 0 aliphatic heterocycles. The number of nitrogens with zero attached hydrogens (tertiary/aromatic N) is 1. The van der Waals surface area contributed by atoms with Crippen molar-refractivity contribution in [1.29, 1.82) is 5.26 Å². The van der Waals surface area contributed by atoms with Crippen LogP contribution in [0.1, 0.15) is 11.1 Å². The minimum absolute atomic E-state index is 0.0831. The number of nitrogens with two attached hydrogens (primary N) is 1. The van der Waals surface area contributed by atoms with Crippen LogP contribution in [0.2, 0.25) is 0 Å². The molecule has 0 aromatic heterocycles. The van der Waals surface area contributed by atoms with Gasteiger partial charge in [0.2, 0.25) is 0 Å². The third-order valence-electron chi connectivity index (χ3n) is 2.50. The number of halogens is 1. The maximum absolute atomic E-state index is 13.2. The summed E-state index contributed by atoms with van der Waals surface area (Å²) in [7, 11) is 0. The Labute approximate surface area is 104 Å². The van der Waals surface area contributed by atoms with Crippen molar-refractivity contribution in [2.75, 3.05) is 5.73 Å². The van der Waals surface area contributed by atoms with Crippen molar-refractivity contribution in [3.63, 3.8) is 0 Å². The highest BCUT2D eigenvalue weighted by molar-refractivity contribution is 5.43. The molecule has 0 aliphatic carbocycles. The second-order valence-electron chi connectivity index (χ2n) is 3.74. The van der Waals surface area contributed by atoms with Crippen molar-refractivity contribution < 1.29 is 9.13 Å². The first kappa shape index (κ1) is 11.9. The third kappa shape index (κ3) is 2.58. The zero-order chi connectivity index (χ0) is 13.0. The van der Waals surface area contributed by atoms with E-state index in [1.165, 1.54) is 12.1 Å². The summed E-state index contributed by atoms with van der Waals surface area (Å²) in [5.74, 6) is -0.129. The number of hydrogen-bond donors (Lipinski definition) is 1. The molecule has 0 saturated carbocycles. The highest BCUT2D eigenvalue weighted by Crippen LogP contribution is 2.19. The monoisotopic (exact) mass is 242 g/mol. The molecule has 3 nitrogen and oxygen atoms in total. The zero-order valence-electron chi connectivity index (χ0n) is 9.56. The van der Waals surface area contributed by atoms with E-state index in [2.05, 4.69) is 6.07 Å². The molecule has 0 spiro atoms. The van der Waals surface area contributed by atoms with Gasteiger partial charge in [0, 0.05) is 11.6 Å². The maximum Gasteiger partial charge on any atom is 0.149 e. The lowest BCUT2D eigenvalue weighted by Gasteiger charge is -2.08. The summed E-state index contributed by atoms with van der Waals surface area (Å²) in [5.41, 5.74) is 6.76. The molecule has 0 amide bonds. The van der Waals surface area contributed by atoms with Crippen molar-refractivity contribution in [3.05, 3.63) is 59.4 Å². The van der Waals surface area contributed by atoms with Crippen LogP contribution in [-0.2, 0) is 6.61 Å². The minimum Gasteiger partial charge on any atom is -0.489 e. The van der Waals surface area contributed by atoms with Gasteiger partial charge >= 0.3 is 0 Å². The SMILES string of the molecule is N#Cc1ccccc1COc1ccc(N)c(F)c1. The van der Waals surface area contributed by atoms with E-state index in [9.17, 15) is 4.39 Å². The topological polar surface area (TPSA) is 59.0 Å². The van der Waals surface area contributed by atoms with Crippen LogP contribution in [0.3, 0.4) is 0 Å². The third-order valence-corrected chi connectivity index (χ3v) is 2.50. The minimum atomic E-state index is -0.513. The Morgan fingerprint density at radius 1 is 1.22 bits per heavy atom. The van der Waals surface area contributed by atoms with E-state index in [4.69, 9.17) is 15.7 Å². The van der Waals surface area contributed by atoms with Crippen LogP contribution in [0.25, 0.3) is 0 Å². The summed E-state index contributed by atoms with van der Waals surface area (Å²) in [4.78, 5) is 0. The maximum atomic E-state index is 13.2. The highest BCUT2D eigenvalue weighted by atomic mass is 19.1. The van der Waals surface area contributed by atoms with Crippen LogP contribution in [0.4, 0.5) is 10.1 Å². The van der Waals surface area contributed by atoms with Gasteiger partial charge in [0.1, 0.15) is 18.2 Å². The molecule has 0 heterocycles. The van der Waals surface area contributed by atoms with Gasteiger partial charge < -0.3 is 10.5 Å². The Kier molecular flexibility index (Phi) is 3.44. The van der Waals surface area contributed by atoms with Crippen LogP contribution in [0.5, 0.6) is 5.75 Å². The molecule has 0 unspecified atom stereocenters. The van der Waals surface area contributed by atoms with Gasteiger partial charge in [0.25, 0.3) is 0 Å². The molecule has 0 aliphatic rings. The molecule has 0 saturated heterocycles. The molecule has 0 radical (unpaired) electrons. The van der Waals surface area contributed by atoms with Crippen LogP contribution in [-0.4, -0.2) is 0 Å². The average molecular weight is 242 g/mol. The van der Waals surface area contributed by atoms with E-state index >= 15 is 0 Å². The Morgan fingerprint density at radius 2 is 2.00 bits per heavy atom. The predicted molar refractivity (Wildman–Crippen MR) is 66.3 cm³/mol. The number of rotatable bonds is 3. The van der Waals surface area contributed by atoms with E-state index in [0.717, 1.165) is 5.56 Å². The van der Waals surface area contributed by atoms with E-state index < -0.39 is 5.82 Å². The van der Waals surface area contributed by atoms with Gasteiger partial charge in [-0.05, 0) is 18.2 Å². The van der Waals surface area contributed by atoms with Crippen molar-refractivity contribution >= 4 is 5.69 Å². The quantitative estimate of drug-likeness (QED) is 0.842. The van der Waals surface area contributed by atoms with Crippen molar-refractivity contribution in [1.82, 2.24) is 0 Å². The number of ether oxygens (including phenoxy) is 1. The molecular weight excluding hydrogens is 231 g/mol. The fourth-order valence-electron chi connectivity index (χ4n) is 1.51. The summed E-state index contributed by atoms with van der Waals surface area (Å²) >= 11 is 0. The van der Waals surface area contributed by atoms with Gasteiger partial charge in [-0.3, -0.25) is 0 Å². The van der Waals surface area contributed by atoms with E-state index in [0.29, 0.717) is 11.3 Å². The van der Waals surface area contributed by atoms with Crippen molar-refractivity contribution in [2.24, 2.45) is 0 Å². The number of hydrogen-bond acceptors (Lipinski definition) is 3. The lowest BCUT2D eigenvalue weighted by molar-refractivity contribution is 0.304. The van der Waals surface area contributed by atoms with Crippen LogP contribution in [0, 0.1) is 17.1 Å². The average Bonchev–Trinajstić information content (AvgIpc) is 2.40. The molecule has 2 rings (SSSR count). The first-order valence-corrected chi connectivity index (χ1v) is 5.36. The Hall–Kier alpha value is -2.54. The lowest BCUT2D eigenvalue weighted by Crippen LogP contribution is -1.99. The first-order valence-electron chi connectivity index (χ1n) is 5.36. The van der Waals surface area contributed by atoms with Crippen molar-refractivity contribution in [2.45, 2.75) is 6.61 Å². The van der Waals surface area contributed by atoms with Gasteiger partial charge in [-0.15, -0.1) is 0 Å². The fraction of sp³-hybridized carbons (Fsp3) is 0.0714. The van der Waals surface area contributed by atoms with Crippen LogP contribution in [0.15, 0.2) is 42.5 Å². The molecule has 90 valence electrons. The van der Waals surface area contributed by atoms with Crippen LogP contribution < -0.4 is 10.5 Å². The summed E-state index contributed by atoms with van der Waals surface area (Å²) in [6.07, 6.45) is 0. The molecule has 0 fully saturated rings. The first-order chi connectivity index (χ1) is 8.70. The summed E-state index contributed by atoms with van der Waals surface area (Å²) in [5, 5.41) is 8.91. The van der Waals surface area contributed by atoms with Gasteiger partial charge in [-0.1, -0.05) is 18.2 Å². The number of anilines is 1. The molecule has 0 bridgehead atoms. The smallest absolute Gasteiger partial charge is 0.149 e. The Morgan fingerprint density at radius 3 is 2.72 bits per heavy atom. The molecule has 2 aromatic carbocycles. The van der Waals surface area contributed by atoms with E-state index in [1.807, 2.05) is 6.07 Å². The van der Waals surface area contributed by atoms with Crippen LogP contribution >= 0.6 is 0 Å². The Balaban J connectivity index is 2.12. The molecule has 2 N–H and O–H groups in total. The summed E-state index contributed by atoms with van der Waals surface area (Å²) in [6.45, 7) is 0.215. The highest BCUT2D eigenvalue weighted by Gasteiger charge is 2.04. The summed E-state index contributed by atoms with van der Waals surface area (Å²) < 4.78 is 18.6. The second-order valence-corrected chi connectivity index (χ2v) is 3.74. The second kappa shape index (κ2) is 5.19. The van der Waals surface area contributed by atoms with E-state index in [1.54, 1.807) is 24.3 Å². The van der Waals surface area contributed by atoms with Crippen molar-refractivity contribution in [3.8, 4) is 11.8 Å². The molecule has 0 atom stereocenters. The standard InChI is InChI=1S/C14H11FN2O/c15-13-7-12(5-6-14(13)17)18-9-11-4-2-1-3-10(11)8-16/h1-7H,9,17H2. The van der Waals surface area contributed by atoms with Gasteiger partial charge in [-0.2, -0.15) is 5.26 Å². The Bertz CT molecular complexity index is 605. The molecule has 4 heteroatoms. The summed E-state index contributed by atoms with van der Waals surface area (Å²) in [6, 6.07) is 13.5. The van der Waals surface area contributed by atoms with Gasteiger partial charge in [0.05, 0.1) is 17.3 Å². The van der Waals surface area contributed by atoms with E-state index in [-0.39, 0.29) is 12.3 Å². The number of nitriles is 1. The van der Waals surface area contributed by atoms with Gasteiger partial charge in [0.15, 0.2) is 0 Å². The molecule has 18 heavy (non-hydrogen) atoms. The molecular formula is C14H11FN2O. The number of benzene rings is 2. The normalized spacial score (nSPS) is 9.78. The van der Waals surface area contributed by atoms with Gasteiger partial charge in [-0.25, -0.2) is 4.39 Å². The predicted octanol–water partition coefficient (Wildman–Crippen LogP) is 2.86. The largest absolute Gasteiger partial charge is 0.489 e. The lowest BCUT2D eigenvalue weighted by atomic mass is 10.1.